The smallest absolute Gasteiger partial charge is 0.252 e. The number of nitrogens with zero attached hydrogens (tertiary/aromatic N) is 4. The summed E-state index contributed by atoms with van der Waals surface area (Å²) in [5.41, 5.74) is 3.06. The fraction of sp³-hybridized carbons (Fsp3) is 0.520. The molecular formula is C25H33N5O2S. The van der Waals surface area contributed by atoms with Gasteiger partial charge in [-0.05, 0) is 58.6 Å². The van der Waals surface area contributed by atoms with Crippen LogP contribution in [0.1, 0.15) is 66.2 Å². The standard InChI is InChI=1S/C25H33N5O2S/c1-15(2)30-24-21(13-27-30)20(12-22(28-24)19-11-17(4)33-18(19)5)25(32)26-9-8-23(31)29-10-6-7-16(3)14-29/h11-13,15-16H,6-10,14H2,1-5H3,(H,26,32). The van der Waals surface area contributed by atoms with E-state index in [-0.39, 0.29) is 17.9 Å². The van der Waals surface area contributed by atoms with Crippen LogP contribution in [0.25, 0.3) is 22.3 Å². The largest absolute Gasteiger partial charge is 0.351 e. The number of hydrogen-bond donors (Lipinski definition) is 1. The molecule has 2 amide bonds. The molecule has 8 heteroatoms. The molecule has 3 aromatic rings. The van der Waals surface area contributed by atoms with Crippen molar-refractivity contribution in [2.75, 3.05) is 19.6 Å². The SMILES string of the molecule is Cc1cc(-c2cc(C(=O)NCCC(=O)N3CCCC(C)C3)c3cnn(C(C)C)c3n2)c(C)s1. The first-order chi connectivity index (χ1) is 15.7. The van der Waals surface area contributed by atoms with Crippen molar-refractivity contribution in [2.24, 2.45) is 5.92 Å². The second-order valence-corrected chi connectivity index (χ2v) is 10.9. The lowest BCUT2D eigenvalue weighted by molar-refractivity contribution is -0.132. The van der Waals surface area contributed by atoms with Crippen molar-refractivity contribution in [3.63, 3.8) is 0 Å². The van der Waals surface area contributed by atoms with Gasteiger partial charge in [0.2, 0.25) is 5.91 Å². The van der Waals surface area contributed by atoms with Crippen LogP contribution in [0.15, 0.2) is 18.3 Å². The maximum atomic E-state index is 13.2. The van der Waals surface area contributed by atoms with Crippen LogP contribution in [-0.2, 0) is 4.79 Å². The van der Waals surface area contributed by atoms with Crippen molar-refractivity contribution in [2.45, 2.75) is 59.9 Å². The van der Waals surface area contributed by atoms with Gasteiger partial charge in [-0.15, -0.1) is 11.3 Å². The number of amides is 2. The Labute approximate surface area is 199 Å². The topological polar surface area (TPSA) is 80.1 Å². The molecular weight excluding hydrogens is 434 g/mol. The Balaban J connectivity index is 1.57. The van der Waals surface area contributed by atoms with E-state index in [4.69, 9.17) is 4.98 Å². The molecule has 33 heavy (non-hydrogen) atoms. The van der Waals surface area contributed by atoms with Gasteiger partial charge in [-0.25, -0.2) is 9.67 Å². The van der Waals surface area contributed by atoms with Crippen LogP contribution in [0.2, 0.25) is 0 Å². The molecule has 1 atom stereocenters. The number of piperidine rings is 1. The summed E-state index contributed by atoms with van der Waals surface area (Å²) in [5.74, 6) is 0.457. The van der Waals surface area contributed by atoms with Crippen molar-refractivity contribution in [1.82, 2.24) is 25.0 Å². The van der Waals surface area contributed by atoms with Crippen LogP contribution in [-0.4, -0.2) is 51.1 Å². The number of carbonyl (C=O) groups excluding carboxylic acids is 2. The van der Waals surface area contributed by atoms with Crippen molar-refractivity contribution < 1.29 is 9.59 Å². The molecule has 0 aromatic carbocycles. The zero-order valence-corrected chi connectivity index (χ0v) is 21.0. The van der Waals surface area contributed by atoms with Crippen molar-refractivity contribution in [1.29, 1.82) is 0 Å². The Morgan fingerprint density at radius 3 is 2.73 bits per heavy atom. The molecule has 4 heterocycles. The Morgan fingerprint density at radius 1 is 1.27 bits per heavy atom. The van der Waals surface area contributed by atoms with Gasteiger partial charge in [0.15, 0.2) is 5.65 Å². The minimum absolute atomic E-state index is 0.111. The van der Waals surface area contributed by atoms with E-state index in [2.05, 4.69) is 37.3 Å². The molecule has 1 fully saturated rings. The van der Waals surface area contributed by atoms with Gasteiger partial charge >= 0.3 is 0 Å². The summed E-state index contributed by atoms with van der Waals surface area (Å²) in [4.78, 5) is 35.0. The van der Waals surface area contributed by atoms with Gasteiger partial charge in [0.1, 0.15) is 0 Å². The highest BCUT2D eigenvalue weighted by Crippen LogP contribution is 2.32. The van der Waals surface area contributed by atoms with E-state index in [9.17, 15) is 9.59 Å². The lowest BCUT2D eigenvalue weighted by Crippen LogP contribution is -2.40. The average molecular weight is 468 g/mol. The molecule has 0 spiro atoms. The van der Waals surface area contributed by atoms with Gasteiger partial charge in [-0.2, -0.15) is 5.10 Å². The first-order valence-electron chi connectivity index (χ1n) is 11.8. The van der Waals surface area contributed by atoms with E-state index in [0.717, 1.165) is 36.2 Å². The van der Waals surface area contributed by atoms with E-state index in [1.54, 1.807) is 17.5 Å². The van der Waals surface area contributed by atoms with Gasteiger partial charge in [0, 0.05) is 47.4 Å². The number of hydrogen-bond acceptors (Lipinski definition) is 5. The van der Waals surface area contributed by atoms with Crippen molar-refractivity contribution in [3.05, 3.63) is 33.6 Å². The van der Waals surface area contributed by atoms with Crippen LogP contribution < -0.4 is 5.32 Å². The summed E-state index contributed by atoms with van der Waals surface area (Å²) in [6.07, 6.45) is 4.26. The summed E-state index contributed by atoms with van der Waals surface area (Å²) in [6, 6.07) is 4.09. The molecule has 0 radical (unpaired) electrons. The molecule has 3 aromatic heterocycles. The monoisotopic (exact) mass is 467 g/mol. The third kappa shape index (κ3) is 4.95. The molecule has 176 valence electrons. The van der Waals surface area contributed by atoms with Crippen LogP contribution in [0.5, 0.6) is 0 Å². The number of aryl methyl sites for hydroxylation is 2. The molecule has 7 nitrogen and oxygen atoms in total. The van der Waals surface area contributed by atoms with Crippen LogP contribution in [0, 0.1) is 19.8 Å². The number of nitrogens with one attached hydrogen (secondary N) is 1. The highest BCUT2D eigenvalue weighted by molar-refractivity contribution is 7.12. The van der Waals surface area contributed by atoms with E-state index in [1.165, 1.54) is 16.2 Å². The summed E-state index contributed by atoms with van der Waals surface area (Å²) in [7, 11) is 0. The number of aromatic nitrogens is 3. The summed E-state index contributed by atoms with van der Waals surface area (Å²) >= 11 is 1.72. The number of fused-ring (bicyclic) bond motifs is 1. The van der Waals surface area contributed by atoms with Crippen molar-refractivity contribution in [3.8, 4) is 11.3 Å². The third-order valence-corrected chi connectivity index (χ3v) is 7.22. The van der Waals surface area contributed by atoms with Crippen LogP contribution in [0.4, 0.5) is 0 Å². The Bertz CT molecular complexity index is 1180. The van der Waals surface area contributed by atoms with Crippen LogP contribution >= 0.6 is 11.3 Å². The first-order valence-corrected chi connectivity index (χ1v) is 12.6. The second-order valence-electron chi connectivity index (χ2n) is 9.40. The van der Waals surface area contributed by atoms with Gasteiger partial charge in [-0.1, -0.05) is 6.92 Å². The maximum Gasteiger partial charge on any atom is 0.252 e. The van der Waals surface area contributed by atoms with Crippen LogP contribution in [0.3, 0.4) is 0 Å². The van der Waals surface area contributed by atoms with Crippen molar-refractivity contribution >= 4 is 34.2 Å². The Hall–Kier alpha value is -2.74. The summed E-state index contributed by atoms with van der Waals surface area (Å²) in [5, 5.41) is 8.18. The van der Waals surface area contributed by atoms with E-state index >= 15 is 0 Å². The minimum Gasteiger partial charge on any atom is -0.351 e. The molecule has 0 bridgehead atoms. The van der Waals surface area contributed by atoms with Gasteiger partial charge in [0.05, 0.1) is 22.8 Å². The average Bonchev–Trinajstić information content (AvgIpc) is 3.35. The fourth-order valence-corrected chi connectivity index (χ4v) is 5.49. The van der Waals surface area contributed by atoms with E-state index in [1.807, 2.05) is 29.5 Å². The van der Waals surface area contributed by atoms with Gasteiger partial charge < -0.3 is 10.2 Å². The predicted molar refractivity (Wildman–Crippen MR) is 133 cm³/mol. The molecule has 1 unspecified atom stereocenters. The maximum absolute atomic E-state index is 13.2. The molecule has 0 saturated carbocycles. The van der Waals surface area contributed by atoms with E-state index < -0.39 is 0 Å². The number of thiophene rings is 1. The Morgan fingerprint density at radius 2 is 2.06 bits per heavy atom. The quantitative estimate of drug-likeness (QED) is 0.568. The second kappa shape index (κ2) is 9.63. The first kappa shape index (κ1) is 23.4. The molecule has 1 aliphatic heterocycles. The zero-order chi connectivity index (χ0) is 23.7. The number of rotatable bonds is 6. The van der Waals surface area contributed by atoms with Gasteiger partial charge in [-0.3, -0.25) is 9.59 Å². The lowest BCUT2D eigenvalue weighted by Gasteiger charge is -2.31. The fourth-order valence-electron chi connectivity index (χ4n) is 4.56. The van der Waals surface area contributed by atoms with E-state index in [0.29, 0.717) is 30.1 Å². The predicted octanol–water partition coefficient (Wildman–Crippen LogP) is 4.74. The third-order valence-electron chi connectivity index (χ3n) is 6.25. The Kier molecular flexibility index (Phi) is 6.83. The number of pyridine rings is 1. The minimum atomic E-state index is -0.198. The van der Waals surface area contributed by atoms with Gasteiger partial charge in [0.25, 0.3) is 5.91 Å². The summed E-state index contributed by atoms with van der Waals surface area (Å²) in [6.45, 7) is 12.4. The molecule has 1 saturated heterocycles. The normalized spacial score (nSPS) is 16.5. The molecule has 0 aliphatic carbocycles. The number of carbonyl (C=O) groups is 2. The molecule has 1 aliphatic rings. The highest BCUT2D eigenvalue weighted by Gasteiger charge is 2.22. The number of likely N-dealkylation sites (tertiary alicyclic amines) is 1. The summed E-state index contributed by atoms with van der Waals surface area (Å²) < 4.78 is 1.85. The highest BCUT2D eigenvalue weighted by atomic mass is 32.1. The zero-order valence-electron chi connectivity index (χ0n) is 20.1. The molecule has 1 N–H and O–H groups in total. The lowest BCUT2D eigenvalue weighted by atomic mass is 10.00. The molecule has 4 rings (SSSR count).